The Labute approximate surface area is 129 Å². The third-order valence-corrected chi connectivity index (χ3v) is 4.57. The van der Waals surface area contributed by atoms with Crippen LogP contribution in [0.25, 0.3) is 0 Å². The van der Waals surface area contributed by atoms with Gasteiger partial charge in [0.15, 0.2) is 5.03 Å². The number of nitrogens with zero attached hydrogens (tertiary/aromatic N) is 2. The van der Waals surface area contributed by atoms with E-state index >= 15 is 0 Å². The van der Waals surface area contributed by atoms with Gasteiger partial charge in [-0.05, 0) is 37.9 Å². The molecular formula is C11H17ClN4O4S. The largest absolute Gasteiger partial charge is 0.317 e. The minimum absolute atomic E-state index is 0. The number of halogens is 1. The molecule has 0 atom stereocenters. The van der Waals surface area contributed by atoms with Crippen LogP contribution in [0.5, 0.6) is 0 Å². The maximum Gasteiger partial charge on any atom is 0.287 e. The Morgan fingerprint density at radius 2 is 2.05 bits per heavy atom. The molecular weight excluding hydrogens is 320 g/mol. The monoisotopic (exact) mass is 336 g/mol. The van der Waals surface area contributed by atoms with Crippen LogP contribution in [0, 0.1) is 16.0 Å². The third kappa shape index (κ3) is 4.88. The number of hydrogen-bond acceptors (Lipinski definition) is 6. The SMILES string of the molecule is Cl.O=[N+]([O-])c1ccc(S(=O)(=O)NCC2CCNCC2)nc1. The molecule has 0 aliphatic carbocycles. The number of nitro groups is 1. The number of hydrogen-bond donors (Lipinski definition) is 2. The Bertz CT molecular complexity index is 572. The fraction of sp³-hybridized carbons (Fsp3) is 0.545. The Morgan fingerprint density at radius 1 is 1.38 bits per heavy atom. The summed E-state index contributed by atoms with van der Waals surface area (Å²) < 4.78 is 26.5. The predicted molar refractivity (Wildman–Crippen MR) is 78.9 cm³/mol. The quantitative estimate of drug-likeness (QED) is 0.604. The zero-order chi connectivity index (χ0) is 14.6. The molecule has 2 heterocycles. The maximum absolute atomic E-state index is 12.0. The maximum atomic E-state index is 12.0. The first-order valence-corrected chi connectivity index (χ1v) is 7.78. The Morgan fingerprint density at radius 3 is 2.57 bits per heavy atom. The summed E-state index contributed by atoms with van der Waals surface area (Å²) in [6, 6.07) is 2.27. The van der Waals surface area contributed by atoms with Crippen molar-refractivity contribution in [3.8, 4) is 0 Å². The van der Waals surface area contributed by atoms with Crippen LogP contribution in [0.2, 0.25) is 0 Å². The van der Waals surface area contributed by atoms with Gasteiger partial charge in [0.05, 0.1) is 4.92 Å². The molecule has 118 valence electrons. The summed E-state index contributed by atoms with van der Waals surface area (Å²) in [5, 5.41) is 13.5. The van der Waals surface area contributed by atoms with Gasteiger partial charge in [0.1, 0.15) is 6.20 Å². The average Bonchev–Trinajstić information content (AvgIpc) is 2.46. The molecule has 1 aliphatic rings. The van der Waals surface area contributed by atoms with E-state index < -0.39 is 14.9 Å². The van der Waals surface area contributed by atoms with E-state index in [4.69, 9.17) is 0 Å². The molecule has 8 nitrogen and oxygen atoms in total. The highest BCUT2D eigenvalue weighted by molar-refractivity contribution is 7.89. The smallest absolute Gasteiger partial charge is 0.287 e. The lowest BCUT2D eigenvalue weighted by atomic mass is 9.99. The minimum atomic E-state index is -3.71. The second kappa shape index (κ2) is 7.64. The molecule has 0 saturated carbocycles. The Kier molecular flexibility index (Phi) is 6.46. The molecule has 21 heavy (non-hydrogen) atoms. The summed E-state index contributed by atoms with van der Waals surface area (Å²) in [6.45, 7) is 2.15. The van der Waals surface area contributed by atoms with Crippen LogP contribution in [-0.2, 0) is 10.0 Å². The van der Waals surface area contributed by atoms with Crippen molar-refractivity contribution in [1.29, 1.82) is 0 Å². The van der Waals surface area contributed by atoms with Crippen LogP contribution in [0.4, 0.5) is 5.69 Å². The number of aromatic nitrogens is 1. The highest BCUT2D eigenvalue weighted by Crippen LogP contribution is 2.14. The predicted octanol–water partition coefficient (Wildman–Crippen LogP) is 0.689. The van der Waals surface area contributed by atoms with Crippen molar-refractivity contribution in [3.63, 3.8) is 0 Å². The molecule has 10 heteroatoms. The van der Waals surface area contributed by atoms with Gasteiger partial charge in [0.25, 0.3) is 15.7 Å². The first-order chi connectivity index (χ1) is 9.49. The first-order valence-electron chi connectivity index (χ1n) is 6.30. The molecule has 1 aromatic heterocycles. The van der Waals surface area contributed by atoms with Crippen molar-refractivity contribution in [1.82, 2.24) is 15.0 Å². The first kappa shape index (κ1) is 17.8. The van der Waals surface area contributed by atoms with Gasteiger partial charge in [-0.2, -0.15) is 0 Å². The van der Waals surface area contributed by atoms with Crippen LogP contribution in [-0.4, -0.2) is 38.0 Å². The second-order valence-corrected chi connectivity index (χ2v) is 6.37. The highest BCUT2D eigenvalue weighted by atomic mass is 35.5. The van der Waals surface area contributed by atoms with Crippen molar-refractivity contribution in [2.45, 2.75) is 17.9 Å². The molecule has 0 spiro atoms. The van der Waals surface area contributed by atoms with Crippen LogP contribution in [0.3, 0.4) is 0 Å². The Hall–Kier alpha value is -1.29. The van der Waals surface area contributed by atoms with Gasteiger partial charge in [0.2, 0.25) is 0 Å². The van der Waals surface area contributed by atoms with Crippen LogP contribution >= 0.6 is 12.4 Å². The number of rotatable bonds is 5. The van der Waals surface area contributed by atoms with Crippen LogP contribution in [0.15, 0.2) is 23.4 Å². The van der Waals surface area contributed by atoms with E-state index in [0.717, 1.165) is 44.3 Å². The molecule has 0 amide bonds. The summed E-state index contributed by atoms with van der Waals surface area (Å²) in [5.74, 6) is 0.309. The summed E-state index contributed by atoms with van der Waals surface area (Å²) in [6.07, 6.45) is 2.80. The van der Waals surface area contributed by atoms with Gasteiger partial charge < -0.3 is 5.32 Å². The minimum Gasteiger partial charge on any atom is -0.317 e. The molecule has 0 radical (unpaired) electrons. The lowest BCUT2D eigenvalue weighted by molar-refractivity contribution is -0.385. The Balaban J connectivity index is 0.00000220. The van der Waals surface area contributed by atoms with Crippen LogP contribution in [0.1, 0.15) is 12.8 Å². The van der Waals surface area contributed by atoms with Gasteiger partial charge in [-0.15, -0.1) is 12.4 Å². The van der Waals surface area contributed by atoms with E-state index in [1.54, 1.807) is 0 Å². The van der Waals surface area contributed by atoms with Crippen molar-refractivity contribution in [3.05, 3.63) is 28.4 Å². The molecule has 1 fully saturated rings. The van der Waals surface area contributed by atoms with E-state index in [1.165, 1.54) is 0 Å². The van der Waals surface area contributed by atoms with Crippen molar-refractivity contribution in [2.75, 3.05) is 19.6 Å². The van der Waals surface area contributed by atoms with E-state index in [0.29, 0.717) is 12.5 Å². The summed E-state index contributed by atoms with van der Waals surface area (Å²) in [4.78, 5) is 13.5. The van der Waals surface area contributed by atoms with E-state index in [9.17, 15) is 18.5 Å². The van der Waals surface area contributed by atoms with E-state index in [-0.39, 0.29) is 23.1 Å². The van der Waals surface area contributed by atoms with Crippen molar-refractivity contribution < 1.29 is 13.3 Å². The fourth-order valence-electron chi connectivity index (χ4n) is 2.03. The molecule has 1 saturated heterocycles. The molecule has 2 N–H and O–H groups in total. The normalized spacial score (nSPS) is 16.2. The molecule has 1 aromatic rings. The molecule has 0 bridgehead atoms. The van der Waals surface area contributed by atoms with Gasteiger partial charge in [-0.25, -0.2) is 18.1 Å². The zero-order valence-electron chi connectivity index (χ0n) is 11.2. The topological polar surface area (TPSA) is 114 Å². The van der Waals surface area contributed by atoms with Gasteiger partial charge in [-0.3, -0.25) is 10.1 Å². The van der Waals surface area contributed by atoms with Gasteiger partial charge in [-0.1, -0.05) is 0 Å². The lowest BCUT2D eigenvalue weighted by Gasteiger charge is -2.22. The summed E-state index contributed by atoms with van der Waals surface area (Å²) in [5.41, 5.74) is -0.234. The standard InChI is InChI=1S/C11H16N4O4S.ClH/c16-15(17)10-1-2-11(13-8-10)20(18,19)14-7-9-3-5-12-6-4-9;/h1-2,8-9,12,14H,3-7H2;1H. The van der Waals surface area contributed by atoms with Gasteiger partial charge in [0, 0.05) is 12.6 Å². The fourth-order valence-corrected chi connectivity index (χ4v) is 3.07. The number of nitrogens with one attached hydrogen (secondary N) is 2. The van der Waals surface area contributed by atoms with Crippen molar-refractivity contribution >= 4 is 28.1 Å². The second-order valence-electron chi connectivity index (χ2n) is 4.66. The van der Waals surface area contributed by atoms with Crippen molar-refractivity contribution in [2.24, 2.45) is 5.92 Å². The highest BCUT2D eigenvalue weighted by Gasteiger charge is 2.20. The molecule has 2 rings (SSSR count). The summed E-state index contributed by atoms with van der Waals surface area (Å²) in [7, 11) is -3.71. The number of sulfonamides is 1. The number of piperidine rings is 1. The molecule has 0 unspecified atom stereocenters. The lowest BCUT2D eigenvalue weighted by Crippen LogP contribution is -2.36. The van der Waals surface area contributed by atoms with Gasteiger partial charge >= 0.3 is 0 Å². The average molecular weight is 337 g/mol. The van der Waals surface area contributed by atoms with E-state index in [2.05, 4.69) is 15.0 Å². The summed E-state index contributed by atoms with van der Waals surface area (Å²) >= 11 is 0. The zero-order valence-corrected chi connectivity index (χ0v) is 12.8. The van der Waals surface area contributed by atoms with Crippen LogP contribution < -0.4 is 10.0 Å². The third-order valence-electron chi connectivity index (χ3n) is 3.23. The number of pyridine rings is 1. The molecule has 1 aliphatic heterocycles. The molecule has 0 aromatic carbocycles. The van der Waals surface area contributed by atoms with E-state index in [1.807, 2.05) is 0 Å².